The maximum atomic E-state index is 12.8. The van der Waals surface area contributed by atoms with E-state index in [1.807, 2.05) is 6.07 Å². The predicted molar refractivity (Wildman–Crippen MR) is 119 cm³/mol. The smallest absolute Gasteiger partial charge is 0.475 e. The fourth-order valence-corrected chi connectivity index (χ4v) is 4.77. The monoisotopic (exact) mass is 508 g/mol. The minimum atomic E-state index is -5.08. The first kappa shape index (κ1) is 24.4. The molecule has 35 heavy (non-hydrogen) atoms. The van der Waals surface area contributed by atoms with Crippen molar-refractivity contribution in [1.82, 2.24) is 25.1 Å². The Morgan fingerprint density at radius 3 is 2.69 bits per heavy atom. The fraction of sp³-hybridized carbons (Fsp3) is 0.400. The number of aliphatic carboxylic acids is 1. The molecule has 2 bridgehead atoms. The number of aromatic nitrogens is 4. The van der Waals surface area contributed by atoms with E-state index in [1.165, 1.54) is 22.4 Å². The second kappa shape index (κ2) is 9.47. The van der Waals surface area contributed by atoms with Crippen LogP contribution in [0.3, 0.4) is 0 Å². The first-order chi connectivity index (χ1) is 16.6. The van der Waals surface area contributed by atoms with Gasteiger partial charge < -0.3 is 20.6 Å². The number of halogens is 3. The van der Waals surface area contributed by atoms with Crippen molar-refractivity contribution in [3.05, 3.63) is 29.0 Å². The zero-order valence-electron chi connectivity index (χ0n) is 18.2. The maximum absolute atomic E-state index is 12.8. The fourth-order valence-electron chi connectivity index (χ4n) is 3.94. The summed E-state index contributed by atoms with van der Waals surface area (Å²) in [5.41, 5.74) is 1.62. The third kappa shape index (κ3) is 5.17. The number of carbonyl (C=O) groups excluding carboxylic acids is 1. The molecule has 6 heterocycles. The number of piperidine rings is 2. The van der Waals surface area contributed by atoms with Crippen molar-refractivity contribution in [2.45, 2.75) is 31.1 Å². The molecule has 6 rings (SSSR count). The molecule has 11 nitrogen and oxygen atoms in total. The molecule has 0 aliphatic carbocycles. The number of carboxylic acids is 1. The Morgan fingerprint density at radius 1 is 1.37 bits per heavy atom. The van der Waals surface area contributed by atoms with Gasteiger partial charge in [0.2, 0.25) is 0 Å². The van der Waals surface area contributed by atoms with Crippen molar-refractivity contribution in [2.24, 2.45) is 7.05 Å². The number of hydrogen-bond donors (Lipinski definition) is 3. The SMILES string of the molecule is Cn1cc(NC(=O)c2csc3ncc(N4C[C@H]5CC[C@@H]4CN5)nc23)c(C#N)n1.O=C(O)C(F)(F)F. The van der Waals surface area contributed by atoms with Crippen LogP contribution in [0.25, 0.3) is 10.3 Å². The summed E-state index contributed by atoms with van der Waals surface area (Å²) in [4.78, 5) is 34.1. The van der Waals surface area contributed by atoms with E-state index in [2.05, 4.69) is 25.6 Å². The topological polar surface area (TPSA) is 149 Å². The lowest BCUT2D eigenvalue weighted by Gasteiger charge is -2.46. The van der Waals surface area contributed by atoms with E-state index >= 15 is 0 Å². The molecule has 3 aliphatic rings. The molecule has 0 unspecified atom stereocenters. The first-order valence-electron chi connectivity index (χ1n) is 10.4. The van der Waals surface area contributed by atoms with Crippen LogP contribution in [0.2, 0.25) is 0 Å². The molecule has 0 radical (unpaired) electrons. The lowest BCUT2D eigenvalue weighted by Crippen LogP contribution is -2.61. The normalized spacial score (nSPS) is 19.1. The Balaban J connectivity index is 0.000000364. The molecule has 3 aliphatic heterocycles. The quantitative estimate of drug-likeness (QED) is 0.484. The summed E-state index contributed by atoms with van der Waals surface area (Å²) in [7, 11) is 1.70. The number of hydrogen-bond acceptors (Lipinski definition) is 9. The van der Waals surface area contributed by atoms with Gasteiger partial charge in [-0.2, -0.15) is 23.5 Å². The van der Waals surface area contributed by atoms with Gasteiger partial charge in [0.25, 0.3) is 5.91 Å². The van der Waals surface area contributed by atoms with Gasteiger partial charge in [-0.3, -0.25) is 9.48 Å². The Labute approximate surface area is 200 Å². The van der Waals surface area contributed by atoms with Gasteiger partial charge in [-0.25, -0.2) is 14.8 Å². The van der Waals surface area contributed by atoms with Crippen LogP contribution in [0, 0.1) is 11.3 Å². The molecule has 15 heteroatoms. The Kier molecular flexibility index (Phi) is 6.59. The molecule has 1 amide bonds. The molecule has 184 valence electrons. The van der Waals surface area contributed by atoms with Crippen molar-refractivity contribution >= 4 is 45.1 Å². The molecule has 3 saturated heterocycles. The van der Waals surface area contributed by atoms with Gasteiger partial charge in [-0.15, -0.1) is 11.3 Å². The van der Waals surface area contributed by atoms with E-state index in [0.29, 0.717) is 28.9 Å². The number of carboxylic acid groups (broad SMARTS) is 1. The van der Waals surface area contributed by atoms with Crippen LogP contribution in [-0.4, -0.2) is 68.1 Å². The van der Waals surface area contributed by atoms with Crippen LogP contribution < -0.4 is 15.5 Å². The van der Waals surface area contributed by atoms with Gasteiger partial charge in [-0.1, -0.05) is 0 Å². The average Bonchev–Trinajstić information content (AvgIpc) is 3.41. The van der Waals surface area contributed by atoms with E-state index < -0.39 is 12.1 Å². The summed E-state index contributed by atoms with van der Waals surface area (Å²) >= 11 is 1.39. The minimum absolute atomic E-state index is 0.180. The Hall–Kier alpha value is -3.77. The van der Waals surface area contributed by atoms with Crippen molar-refractivity contribution in [2.75, 3.05) is 23.3 Å². The number of anilines is 2. The summed E-state index contributed by atoms with van der Waals surface area (Å²) < 4.78 is 33.2. The zero-order valence-corrected chi connectivity index (χ0v) is 19.0. The summed E-state index contributed by atoms with van der Waals surface area (Å²) in [6.07, 6.45) is 0.664. The van der Waals surface area contributed by atoms with Crippen molar-refractivity contribution < 1.29 is 27.9 Å². The van der Waals surface area contributed by atoms with E-state index in [1.54, 1.807) is 24.8 Å². The van der Waals surface area contributed by atoms with E-state index in [-0.39, 0.29) is 11.6 Å². The van der Waals surface area contributed by atoms with Crippen LogP contribution in [0.5, 0.6) is 0 Å². The summed E-state index contributed by atoms with van der Waals surface area (Å²) in [6.45, 7) is 1.87. The van der Waals surface area contributed by atoms with Crippen molar-refractivity contribution in [3.8, 4) is 6.07 Å². The standard InChI is InChI=1S/C18H18N8OS.C2HF3O2/c1-25-8-14(13(4-19)24-25)22-17(27)12-9-28-18-16(12)23-15(6-21-18)26-7-10-2-3-11(26)5-20-10;3-2(4,5)1(6)7/h6,8-11,20H,2-3,5,7H2,1H3,(H,22,27);(H,6,7)/t10-,11-;/m1./s1. The highest BCUT2D eigenvalue weighted by Gasteiger charge is 2.38. The lowest BCUT2D eigenvalue weighted by atomic mass is 9.93. The van der Waals surface area contributed by atoms with Gasteiger partial charge in [0.15, 0.2) is 5.69 Å². The summed E-state index contributed by atoms with van der Waals surface area (Å²) in [5.74, 6) is -2.26. The molecule has 0 aromatic carbocycles. The van der Waals surface area contributed by atoms with Gasteiger partial charge in [0.1, 0.15) is 22.2 Å². The van der Waals surface area contributed by atoms with Crippen molar-refractivity contribution in [1.29, 1.82) is 5.26 Å². The Morgan fingerprint density at radius 2 is 2.11 bits per heavy atom. The third-order valence-corrected chi connectivity index (χ3v) is 6.46. The number of nitrogens with one attached hydrogen (secondary N) is 2. The number of fused-ring (bicyclic) bond motifs is 4. The van der Waals surface area contributed by atoms with E-state index in [9.17, 15) is 23.2 Å². The highest BCUT2D eigenvalue weighted by atomic mass is 32.1. The second-order valence-electron chi connectivity index (χ2n) is 7.95. The average molecular weight is 508 g/mol. The van der Waals surface area contributed by atoms with Crippen molar-refractivity contribution in [3.63, 3.8) is 0 Å². The highest BCUT2D eigenvalue weighted by Crippen LogP contribution is 2.30. The number of aryl methyl sites for hydroxylation is 1. The number of nitrogens with zero attached hydrogens (tertiary/aromatic N) is 6. The highest BCUT2D eigenvalue weighted by molar-refractivity contribution is 7.17. The summed E-state index contributed by atoms with van der Waals surface area (Å²) in [6, 6.07) is 2.89. The van der Waals surface area contributed by atoms with Gasteiger partial charge in [-0.05, 0) is 12.8 Å². The molecule has 3 N–H and O–H groups in total. The minimum Gasteiger partial charge on any atom is -0.475 e. The van der Waals surface area contributed by atoms with Crippen LogP contribution >= 0.6 is 11.3 Å². The van der Waals surface area contributed by atoms with Crippen LogP contribution in [0.15, 0.2) is 17.8 Å². The first-order valence-corrected chi connectivity index (χ1v) is 11.2. The predicted octanol–water partition coefficient (Wildman–Crippen LogP) is 2.12. The zero-order chi connectivity index (χ0) is 25.3. The molecule has 3 fully saturated rings. The molecule has 2 atom stereocenters. The van der Waals surface area contributed by atoms with Crippen LogP contribution in [0.4, 0.5) is 24.7 Å². The summed E-state index contributed by atoms with van der Waals surface area (Å²) in [5, 5.41) is 28.4. The number of rotatable bonds is 3. The van der Waals surface area contributed by atoms with Gasteiger partial charge in [0.05, 0.1) is 17.4 Å². The van der Waals surface area contributed by atoms with Crippen LogP contribution in [0.1, 0.15) is 28.9 Å². The van der Waals surface area contributed by atoms with E-state index in [0.717, 1.165) is 30.2 Å². The van der Waals surface area contributed by atoms with Gasteiger partial charge in [0, 0.05) is 43.8 Å². The Bertz CT molecular complexity index is 1310. The number of carbonyl (C=O) groups is 2. The van der Waals surface area contributed by atoms with Gasteiger partial charge >= 0.3 is 12.1 Å². The molecule has 0 spiro atoms. The number of thiophene rings is 1. The third-order valence-electron chi connectivity index (χ3n) is 5.58. The number of piperazine rings is 1. The molecular weight excluding hydrogens is 489 g/mol. The van der Waals surface area contributed by atoms with E-state index in [4.69, 9.17) is 14.9 Å². The second-order valence-corrected chi connectivity index (χ2v) is 8.81. The molecule has 0 saturated carbocycles. The number of nitriles is 1. The molecule has 3 aromatic heterocycles. The molecule has 3 aromatic rings. The number of alkyl halides is 3. The largest absolute Gasteiger partial charge is 0.490 e. The lowest BCUT2D eigenvalue weighted by molar-refractivity contribution is -0.192. The maximum Gasteiger partial charge on any atom is 0.490 e. The van der Waals surface area contributed by atoms with Crippen LogP contribution in [-0.2, 0) is 11.8 Å². The number of amides is 1. The molecular formula is C20H19F3N8O3S.